The summed E-state index contributed by atoms with van der Waals surface area (Å²) in [5, 5.41) is 2.81. The van der Waals surface area contributed by atoms with Crippen LogP contribution in [0.5, 0.6) is 0 Å². The molecule has 0 radical (unpaired) electrons. The van der Waals surface area contributed by atoms with Gasteiger partial charge in [0.15, 0.2) is 0 Å². The second kappa shape index (κ2) is 11.8. The summed E-state index contributed by atoms with van der Waals surface area (Å²) in [7, 11) is 1.30. The fourth-order valence-corrected chi connectivity index (χ4v) is 5.00. The molecule has 2 aromatic carbocycles. The topological polar surface area (TPSA) is 110 Å². The van der Waals surface area contributed by atoms with E-state index in [1.165, 1.54) is 26.4 Å². The molecule has 5 rings (SSSR count). The molecule has 1 atom stereocenters. The Balaban J connectivity index is 0.00000320. The standard InChI is InChI=1S/C28H29N4O4.W/c1-35-28(34)24(15-18-7-10-21(29)11-8-18)31-27(33)19-9-12-25-23(16-19)30-26(20-13-14-36-17-20)32(25)22-5-3-2-4-6-22;/h7-14,16-17,22,24,29H,2-6,15H2,1H3,(H,31,33);/q-1;+2. The number of amides is 1. The van der Waals surface area contributed by atoms with Gasteiger partial charge in [-0.25, -0.2) is 9.78 Å². The van der Waals surface area contributed by atoms with Crippen LogP contribution in [0.2, 0.25) is 0 Å². The molecule has 37 heavy (non-hydrogen) atoms. The van der Waals surface area contributed by atoms with Crippen molar-refractivity contribution in [2.24, 2.45) is 0 Å². The maximum Gasteiger partial charge on any atom is 2.00 e. The van der Waals surface area contributed by atoms with E-state index in [0.717, 1.165) is 40.8 Å². The van der Waals surface area contributed by atoms with Gasteiger partial charge < -0.3 is 24.8 Å². The monoisotopic (exact) mass is 669 g/mol. The average molecular weight is 669 g/mol. The molecule has 1 aliphatic carbocycles. The average Bonchev–Trinajstić information content (AvgIpc) is 3.57. The third-order valence-corrected chi connectivity index (χ3v) is 6.86. The minimum absolute atomic E-state index is 0. The van der Waals surface area contributed by atoms with Crippen molar-refractivity contribution in [3.05, 3.63) is 77.9 Å². The minimum Gasteiger partial charge on any atom is -0.699 e. The molecule has 190 valence electrons. The molecule has 1 fully saturated rings. The van der Waals surface area contributed by atoms with Gasteiger partial charge >= 0.3 is 27.0 Å². The quantitative estimate of drug-likeness (QED) is 0.243. The Morgan fingerprint density at radius 1 is 1.14 bits per heavy atom. The van der Waals surface area contributed by atoms with Crippen molar-refractivity contribution in [2.45, 2.75) is 50.6 Å². The van der Waals surface area contributed by atoms with Crippen molar-refractivity contribution in [1.82, 2.24) is 14.9 Å². The maximum absolute atomic E-state index is 13.2. The summed E-state index contributed by atoms with van der Waals surface area (Å²) in [5.74, 6) is -0.0572. The van der Waals surface area contributed by atoms with E-state index >= 15 is 0 Å². The summed E-state index contributed by atoms with van der Waals surface area (Å²) in [4.78, 5) is 30.5. The summed E-state index contributed by atoms with van der Waals surface area (Å²) in [6.07, 6.45) is 9.43. The molecular weight excluding hydrogens is 640 g/mol. The molecule has 8 nitrogen and oxygen atoms in total. The van der Waals surface area contributed by atoms with Crippen molar-refractivity contribution in [2.75, 3.05) is 7.11 Å². The number of carbonyl (C=O) groups excluding carboxylic acids is 2. The van der Waals surface area contributed by atoms with Crippen molar-refractivity contribution in [3.63, 3.8) is 0 Å². The number of imidazole rings is 1. The van der Waals surface area contributed by atoms with Gasteiger partial charge in [-0.3, -0.25) is 4.79 Å². The number of nitrogens with one attached hydrogen (secondary N) is 2. The Labute approximate surface area is 229 Å². The van der Waals surface area contributed by atoms with E-state index in [-0.39, 0.29) is 33.4 Å². The summed E-state index contributed by atoms with van der Waals surface area (Å²) in [6.45, 7) is 0. The second-order valence-corrected chi connectivity index (χ2v) is 9.26. The number of ether oxygens (including phenoxy) is 1. The van der Waals surface area contributed by atoms with Crippen LogP contribution in [0, 0.1) is 0 Å². The van der Waals surface area contributed by atoms with Crippen LogP contribution in [0.1, 0.15) is 54.1 Å². The van der Waals surface area contributed by atoms with Gasteiger partial charge in [-0.15, -0.1) is 5.69 Å². The molecule has 2 heterocycles. The van der Waals surface area contributed by atoms with E-state index < -0.39 is 12.0 Å². The Hall–Kier alpha value is -3.38. The molecule has 1 aliphatic rings. The van der Waals surface area contributed by atoms with Crippen LogP contribution >= 0.6 is 0 Å². The summed E-state index contributed by atoms with van der Waals surface area (Å²) in [6, 6.07) is 13.7. The van der Waals surface area contributed by atoms with Gasteiger partial charge in [-0.05, 0) is 42.7 Å². The Morgan fingerprint density at radius 3 is 2.57 bits per heavy atom. The van der Waals surface area contributed by atoms with Crippen LogP contribution in [-0.2, 0) is 37.0 Å². The third-order valence-electron chi connectivity index (χ3n) is 6.86. The predicted molar refractivity (Wildman–Crippen MR) is 137 cm³/mol. The number of benzene rings is 2. The van der Waals surface area contributed by atoms with Crippen molar-refractivity contribution >= 4 is 28.6 Å². The minimum atomic E-state index is -0.851. The number of carbonyl (C=O) groups is 2. The van der Waals surface area contributed by atoms with Gasteiger partial charge in [0.1, 0.15) is 18.1 Å². The van der Waals surface area contributed by atoms with E-state index in [2.05, 4.69) is 9.88 Å². The molecule has 1 amide bonds. The number of hydrogen-bond donors (Lipinski definition) is 1. The van der Waals surface area contributed by atoms with Crippen LogP contribution in [0.15, 0.2) is 65.5 Å². The van der Waals surface area contributed by atoms with Gasteiger partial charge in [0, 0.05) is 18.0 Å². The zero-order valence-electron chi connectivity index (χ0n) is 20.6. The normalized spacial score (nSPS) is 14.6. The van der Waals surface area contributed by atoms with Crippen LogP contribution in [-0.4, -0.2) is 34.6 Å². The van der Waals surface area contributed by atoms with Crippen LogP contribution in [0.4, 0.5) is 5.69 Å². The van der Waals surface area contributed by atoms with Crippen LogP contribution < -0.4 is 5.32 Å². The van der Waals surface area contributed by atoms with Crippen LogP contribution in [0.25, 0.3) is 28.2 Å². The van der Waals surface area contributed by atoms with E-state index in [1.807, 2.05) is 12.1 Å². The molecule has 9 heteroatoms. The third kappa shape index (κ3) is 5.80. The first-order chi connectivity index (χ1) is 17.5. The molecule has 0 aliphatic heterocycles. The van der Waals surface area contributed by atoms with Crippen molar-refractivity contribution in [1.29, 1.82) is 0 Å². The number of hydrogen-bond acceptors (Lipinski definition) is 5. The number of furan rings is 1. The number of aromatic nitrogens is 2. The first-order valence-electron chi connectivity index (χ1n) is 12.3. The molecule has 0 spiro atoms. The molecule has 1 saturated carbocycles. The SMILES string of the molecule is COC(=O)C(Cc1ccc([NH-])cc1)NC(=O)c1ccc2c(c1)nc(-c1ccoc1)n2C1CCCCC1.[W+2]. The number of esters is 1. The summed E-state index contributed by atoms with van der Waals surface area (Å²) in [5.41, 5.74) is 11.9. The van der Waals surface area contributed by atoms with Gasteiger partial charge in [-0.2, -0.15) is 0 Å². The molecular formula is C28H29N4O4W+. The molecule has 2 aromatic heterocycles. The summed E-state index contributed by atoms with van der Waals surface area (Å²) >= 11 is 0. The van der Waals surface area contributed by atoms with Gasteiger partial charge in [0.2, 0.25) is 0 Å². The number of nitrogens with zero attached hydrogens (tertiary/aromatic N) is 2. The van der Waals surface area contributed by atoms with Crippen LogP contribution in [0.3, 0.4) is 0 Å². The van der Waals surface area contributed by atoms with Crippen molar-refractivity contribution < 1.29 is 39.8 Å². The van der Waals surface area contributed by atoms with Gasteiger partial charge in [0.05, 0.1) is 30.0 Å². The second-order valence-electron chi connectivity index (χ2n) is 9.26. The molecule has 1 unspecified atom stereocenters. The molecule has 4 aromatic rings. The smallest absolute Gasteiger partial charge is 0.699 e. The Bertz CT molecular complexity index is 1360. The number of rotatable bonds is 7. The Morgan fingerprint density at radius 2 is 1.89 bits per heavy atom. The number of fused-ring (bicyclic) bond motifs is 1. The van der Waals surface area contributed by atoms with E-state index in [0.29, 0.717) is 17.3 Å². The summed E-state index contributed by atoms with van der Waals surface area (Å²) < 4.78 is 12.5. The molecule has 0 bridgehead atoms. The van der Waals surface area contributed by atoms with E-state index in [1.54, 1.807) is 48.9 Å². The van der Waals surface area contributed by atoms with Gasteiger partial charge in [0.25, 0.3) is 5.91 Å². The fraction of sp³-hybridized carbons (Fsp3) is 0.321. The van der Waals surface area contributed by atoms with Crippen molar-refractivity contribution in [3.8, 4) is 11.4 Å². The first-order valence-corrected chi connectivity index (χ1v) is 12.3. The van der Waals surface area contributed by atoms with E-state index in [9.17, 15) is 9.59 Å². The largest absolute Gasteiger partial charge is 2.00 e. The molecule has 0 saturated heterocycles. The maximum atomic E-state index is 13.2. The van der Waals surface area contributed by atoms with E-state index in [4.69, 9.17) is 19.9 Å². The fourth-order valence-electron chi connectivity index (χ4n) is 5.00. The van der Waals surface area contributed by atoms with Gasteiger partial charge in [-0.1, -0.05) is 43.5 Å². The zero-order valence-corrected chi connectivity index (χ0v) is 23.5. The Kier molecular flexibility index (Phi) is 8.49. The molecule has 2 N–H and O–H groups in total. The predicted octanol–water partition coefficient (Wildman–Crippen LogP) is 6.00. The first kappa shape index (κ1) is 26.7. The zero-order chi connectivity index (χ0) is 25.1. The number of methoxy groups -OCH3 is 1.